The van der Waals surface area contributed by atoms with E-state index in [1.165, 1.54) is 0 Å². The highest BCUT2D eigenvalue weighted by atomic mass is 16.5. The average molecular weight is 171 g/mol. The van der Waals surface area contributed by atoms with Crippen molar-refractivity contribution in [3.8, 4) is 0 Å². The fourth-order valence-electron chi connectivity index (χ4n) is 1.60. The molecule has 0 spiro atoms. The first kappa shape index (κ1) is 9.52. The van der Waals surface area contributed by atoms with Gasteiger partial charge >= 0.3 is 5.97 Å². The molecule has 0 aromatic carbocycles. The van der Waals surface area contributed by atoms with Gasteiger partial charge in [-0.05, 0) is 32.2 Å². The highest BCUT2D eigenvalue weighted by Crippen LogP contribution is 2.16. The van der Waals surface area contributed by atoms with Crippen molar-refractivity contribution in [2.24, 2.45) is 5.92 Å². The van der Waals surface area contributed by atoms with Gasteiger partial charge in [-0.1, -0.05) is 6.92 Å². The van der Waals surface area contributed by atoms with E-state index in [4.69, 9.17) is 4.74 Å². The summed E-state index contributed by atoms with van der Waals surface area (Å²) < 4.78 is 4.95. The first-order valence-electron chi connectivity index (χ1n) is 4.65. The topological polar surface area (TPSA) is 38.3 Å². The smallest absolute Gasteiger partial charge is 0.323 e. The molecule has 3 nitrogen and oxygen atoms in total. The first-order valence-corrected chi connectivity index (χ1v) is 4.65. The summed E-state index contributed by atoms with van der Waals surface area (Å²) in [6, 6.07) is -0.0706. The fraction of sp³-hybridized carbons (Fsp3) is 0.889. The molecule has 1 heterocycles. The minimum atomic E-state index is -0.0929. The van der Waals surface area contributed by atoms with Crippen LogP contribution in [0.1, 0.15) is 26.7 Å². The number of esters is 1. The van der Waals surface area contributed by atoms with E-state index in [0.717, 1.165) is 19.4 Å². The zero-order chi connectivity index (χ0) is 8.97. The molecule has 1 aliphatic heterocycles. The Labute approximate surface area is 73.5 Å². The zero-order valence-corrected chi connectivity index (χ0v) is 7.80. The molecular formula is C9H17NO2. The summed E-state index contributed by atoms with van der Waals surface area (Å²) in [6.07, 6.45) is 2.29. The van der Waals surface area contributed by atoms with Crippen molar-refractivity contribution in [1.29, 1.82) is 0 Å². The summed E-state index contributed by atoms with van der Waals surface area (Å²) in [5.74, 6) is 0.322. The van der Waals surface area contributed by atoms with Crippen LogP contribution < -0.4 is 5.32 Å². The fourth-order valence-corrected chi connectivity index (χ4v) is 1.60. The Kier molecular flexibility index (Phi) is 3.53. The lowest BCUT2D eigenvalue weighted by Crippen LogP contribution is -2.46. The van der Waals surface area contributed by atoms with Crippen molar-refractivity contribution in [2.75, 3.05) is 13.2 Å². The molecule has 0 amide bonds. The van der Waals surface area contributed by atoms with Crippen LogP contribution in [-0.4, -0.2) is 25.2 Å². The molecule has 1 aliphatic rings. The average Bonchev–Trinajstić information content (AvgIpc) is 2.05. The van der Waals surface area contributed by atoms with Gasteiger partial charge in [0.2, 0.25) is 0 Å². The summed E-state index contributed by atoms with van der Waals surface area (Å²) in [5.41, 5.74) is 0. The van der Waals surface area contributed by atoms with Crippen LogP contribution in [0.3, 0.4) is 0 Å². The molecule has 3 heteroatoms. The van der Waals surface area contributed by atoms with Crippen molar-refractivity contribution >= 4 is 5.97 Å². The number of hydrogen-bond donors (Lipinski definition) is 1. The third kappa shape index (κ3) is 2.21. The summed E-state index contributed by atoms with van der Waals surface area (Å²) in [7, 11) is 0. The van der Waals surface area contributed by atoms with Gasteiger partial charge in [-0.3, -0.25) is 4.79 Å². The number of hydrogen-bond acceptors (Lipinski definition) is 3. The summed E-state index contributed by atoms with van der Waals surface area (Å²) >= 11 is 0. The van der Waals surface area contributed by atoms with Crippen LogP contribution in [0.5, 0.6) is 0 Å². The largest absolute Gasteiger partial charge is 0.465 e. The van der Waals surface area contributed by atoms with E-state index in [2.05, 4.69) is 12.2 Å². The van der Waals surface area contributed by atoms with Gasteiger partial charge in [-0.25, -0.2) is 0 Å². The van der Waals surface area contributed by atoms with Gasteiger partial charge in [0.15, 0.2) is 0 Å². The van der Waals surface area contributed by atoms with Crippen molar-refractivity contribution in [2.45, 2.75) is 32.7 Å². The number of ether oxygens (including phenoxy) is 1. The molecule has 1 fully saturated rings. The first-order chi connectivity index (χ1) is 5.75. The summed E-state index contributed by atoms with van der Waals surface area (Å²) in [6.45, 7) is 5.34. The zero-order valence-electron chi connectivity index (χ0n) is 7.80. The number of nitrogens with one attached hydrogen (secondary N) is 1. The summed E-state index contributed by atoms with van der Waals surface area (Å²) in [5, 5.41) is 3.18. The van der Waals surface area contributed by atoms with Crippen LogP contribution in [-0.2, 0) is 9.53 Å². The molecule has 2 atom stereocenters. The Morgan fingerprint density at radius 1 is 1.67 bits per heavy atom. The SMILES string of the molecule is CCOC(=O)[C@@H]1NCCC[C@@H]1C. The minimum absolute atomic E-state index is 0.0706. The Balaban J connectivity index is 2.42. The van der Waals surface area contributed by atoms with Gasteiger partial charge in [0, 0.05) is 0 Å². The number of rotatable bonds is 2. The van der Waals surface area contributed by atoms with Crippen molar-refractivity contribution < 1.29 is 9.53 Å². The Hall–Kier alpha value is -0.570. The molecular weight excluding hydrogens is 154 g/mol. The van der Waals surface area contributed by atoms with E-state index in [1.807, 2.05) is 6.92 Å². The maximum atomic E-state index is 11.3. The number of carbonyl (C=O) groups excluding carboxylic acids is 1. The van der Waals surface area contributed by atoms with Crippen LogP contribution in [0.25, 0.3) is 0 Å². The van der Waals surface area contributed by atoms with E-state index in [-0.39, 0.29) is 12.0 Å². The third-order valence-electron chi connectivity index (χ3n) is 2.31. The van der Waals surface area contributed by atoms with Crippen LogP contribution in [0.15, 0.2) is 0 Å². The lowest BCUT2D eigenvalue weighted by molar-refractivity contribution is -0.147. The molecule has 1 saturated heterocycles. The standard InChI is InChI=1S/C9H17NO2/c1-3-12-9(11)8-7(2)5-4-6-10-8/h7-8,10H,3-6H2,1-2H3/t7-,8+/m0/s1. The van der Waals surface area contributed by atoms with E-state index < -0.39 is 0 Å². The van der Waals surface area contributed by atoms with Crippen molar-refractivity contribution in [3.05, 3.63) is 0 Å². The highest BCUT2D eigenvalue weighted by Gasteiger charge is 2.28. The quantitative estimate of drug-likeness (QED) is 0.628. The Morgan fingerprint density at radius 3 is 3.00 bits per heavy atom. The molecule has 0 bridgehead atoms. The molecule has 1 N–H and O–H groups in total. The van der Waals surface area contributed by atoms with Gasteiger partial charge in [0.1, 0.15) is 6.04 Å². The molecule has 12 heavy (non-hydrogen) atoms. The molecule has 0 unspecified atom stereocenters. The number of piperidine rings is 1. The monoisotopic (exact) mass is 171 g/mol. The number of carbonyl (C=O) groups is 1. The second kappa shape index (κ2) is 4.45. The minimum Gasteiger partial charge on any atom is -0.465 e. The van der Waals surface area contributed by atoms with Crippen LogP contribution in [0.4, 0.5) is 0 Å². The Morgan fingerprint density at radius 2 is 2.42 bits per heavy atom. The lowest BCUT2D eigenvalue weighted by atomic mass is 9.93. The van der Waals surface area contributed by atoms with Gasteiger partial charge in [0.05, 0.1) is 6.61 Å². The molecule has 0 aliphatic carbocycles. The van der Waals surface area contributed by atoms with E-state index >= 15 is 0 Å². The van der Waals surface area contributed by atoms with Crippen molar-refractivity contribution in [3.63, 3.8) is 0 Å². The molecule has 1 rings (SSSR count). The van der Waals surface area contributed by atoms with Gasteiger partial charge in [0.25, 0.3) is 0 Å². The highest BCUT2D eigenvalue weighted by molar-refractivity contribution is 5.76. The van der Waals surface area contributed by atoms with E-state index in [1.54, 1.807) is 0 Å². The molecule has 70 valence electrons. The lowest BCUT2D eigenvalue weighted by Gasteiger charge is -2.27. The van der Waals surface area contributed by atoms with E-state index in [0.29, 0.717) is 12.5 Å². The third-order valence-corrected chi connectivity index (χ3v) is 2.31. The molecule has 0 aromatic heterocycles. The second-order valence-corrected chi connectivity index (χ2v) is 3.30. The van der Waals surface area contributed by atoms with Crippen LogP contribution in [0.2, 0.25) is 0 Å². The van der Waals surface area contributed by atoms with Gasteiger partial charge in [-0.2, -0.15) is 0 Å². The molecule has 0 radical (unpaired) electrons. The normalized spacial score (nSPS) is 29.8. The summed E-state index contributed by atoms with van der Waals surface area (Å²) in [4.78, 5) is 11.3. The van der Waals surface area contributed by atoms with Crippen LogP contribution in [0, 0.1) is 5.92 Å². The maximum absolute atomic E-state index is 11.3. The van der Waals surface area contributed by atoms with Gasteiger partial charge < -0.3 is 10.1 Å². The van der Waals surface area contributed by atoms with E-state index in [9.17, 15) is 4.79 Å². The second-order valence-electron chi connectivity index (χ2n) is 3.30. The van der Waals surface area contributed by atoms with Gasteiger partial charge in [-0.15, -0.1) is 0 Å². The predicted molar refractivity (Wildman–Crippen MR) is 46.8 cm³/mol. The maximum Gasteiger partial charge on any atom is 0.323 e. The Bertz CT molecular complexity index is 159. The predicted octanol–water partition coefficient (Wildman–Crippen LogP) is 0.938. The molecule has 0 saturated carbocycles. The van der Waals surface area contributed by atoms with Crippen molar-refractivity contribution in [1.82, 2.24) is 5.32 Å². The van der Waals surface area contributed by atoms with Crippen LogP contribution >= 0.6 is 0 Å². The molecule has 0 aromatic rings.